The number of benzene rings is 3. The molecule has 0 unspecified atom stereocenters. The molecule has 4 N–H and O–H groups in total. The van der Waals surface area contributed by atoms with Crippen LogP contribution in [0.5, 0.6) is 5.75 Å². The fourth-order valence-electron chi connectivity index (χ4n) is 3.99. The predicted molar refractivity (Wildman–Crippen MR) is 137 cm³/mol. The molecule has 0 aliphatic heterocycles. The second-order valence-corrected chi connectivity index (χ2v) is 13.7. The maximum Gasteiger partial charge on any atom is 0.490 e. The summed E-state index contributed by atoms with van der Waals surface area (Å²) in [6, 6.07) is 28.3. The number of hydrogen-bond acceptors (Lipinski definition) is 4. The van der Waals surface area contributed by atoms with E-state index in [2.05, 4.69) is 69.3 Å². The average molecular weight is 520 g/mol. The smallest absolute Gasteiger partial charge is 0.490 e. The van der Waals surface area contributed by atoms with Crippen molar-refractivity contribution in [2.45, 2.75) is 44.4 Å². The predicted octanol–water partition coefficient (Wildman–Crippen LogP) is 4.47. The van der Waals surface area contributed by atoms with Gasteiger partial charge in [0.25, 0.3) is 8.32 Å². The van der Waals surface area contributed by atoms with Crippen LogP contribution in [0.1, 0.15) is 26.3 Å². The van der Waals surface area contributed by atoms with Crippen LogP contribution in [0, 0.1) is 0 Å². The van der Waals surface area contributed by atoms with E-state index >= 15 is 0 Å². The Labute approximate surface area is 210 Å². The van der Waals surface area contributed by atoms with Gasteiger partial charge in [0.1, 0.15) is 5.75 Å². The monoisotopic (exact) mass is 519 g/mol. The highest BCUT2D eigenvalue weighted by molar-refractivity contribution is 6.99. The minimum absolute atomic E-state index is 0.0615. The van der Waals surface area contributed by atoms with Crippen LogP contribution in [0.25, 0.3) is 0 Å². The Kier molecular flexibility index (Phi) is 9.86. The first-order valence-electron chi connectivity index (χ1n) is 11.4. The van der Waals surface area contributed by atoms with Gasteiger partial charge < -0.3 is 20.4 Å². The molecule has 0 saturated heterocycles. The lowest BCUT2D eigenvalue weighted by atomic mass is 10.1. The summed E-state index contributed by atoms with van der Waals surface area (Å²) in [5, 5.41) is 19.1. The van der Waals surface area contributed by atoms with E-state index in [0.29, 0.717) is 13.0 Å². The van der Waals surface area contributed by atoms with E-state index in [1.807, 2.05) is 24.3 Å². The SMILES string of the molecule is CC(C)(C)[Si](OC[C@@H](N)Cc1ccc(O)cc1)(c1ccccc1)c1ccccc1.O=C(O)C(F)(F)F. The Hall–Kier alpha value is -3.14. The minimum atomic E-state index is -5.08. The van der Waals surface area contributed by atoms with Crippen LogP contribution in [0.4, 0.5) is 13.2 Å². The summed E-state index contributed by atoms with van der Waals surface area (Å²) < 4.78 is 38.6. The van der Waals surface area contributed by atoms with Crippen LogP contribution in [0.15, 0.2) is 84.9 Å². The van der Waals surface area contributed by atoms with Crippen LogP contribution < -0.4 is 16.1 Å². The number of phenols is 1. The lowest BCUT2D eigenvalue weighted by Gasteiger charge is -2.43. The molecular weight excluding hydrogens is 487 g/mol. The van der Waals surface area contributed by atoms with Crippen molar-refractivity contribution in [1.82, 2.24) is 0 Å². The first-order valence-corrected chi connectivity index (χ1v) is 13.3. The zero-order chi connectivity index (χ0) is 27.0. The second-order valence-electron chi connectivity index (χ2n) is 9.41. The zero-order valence-corrected chi connectivity index (χ0v) is 21.5. The molecule has 0 fully saturated rings. The fraction of sp³-hybridized carbons (Fsp3) is 0.296. The van der Waals surface area contributed by atoms with Crippen molar-refractivity contribution < 1.29 is 32.6 Å². The Balaban J connectivity index is 0.000000572. The topological polar surface area (TPSA) is 92.8 Å². The average Bonchev–Trinajstić information content (AvgIpc) is 2.81. The van der Waals surface area contributed by atoms with Gasteiger partial charge in [-0.05, 0) is 39.5 Å². The number of rotatable bonds is 7. The third-order valence-electron chi connectivity index (χ3n) is 5.61. The number of hydrogen-bond donors (Lipinski definition) is 3. The van der Waals surface area contributed by atoms with Gasteiger partial charge in [0.05, 0.1) is 6.61 Å². The van der Waals surface area contributed by atoms with Crippen molar-refractivity contribution in [2.75, 3.05) is 6.61 Å². The summed E-state index contributed by atoms with van der Waals surface area (Å²) in [4.78, 5) is 8.90. The Morgan fingerprint density at radius 3 is 1.67 bits per heavy atom. The molecule has 36 heavy (non-hydrogen) atoms. The van der Waals surface area contributed by atoms with Crippen LogP contribution >= 0.6 is 0 Å². The van der Waals surface area contributed by atoms with Crippen LogP contribution in [0.2, 0.25) is 5.04 Å². The van der Waals surface area contributed by atoms with Gasteiger partial charge in [0.15, 0.2) is 0 Å². The number of halogens is 3. The molecule has 0 saturated carbocycles. The van der Waals surface area contributed by atoms with Gasteiger partial charge >= 0.3 is 12.1 Å². The molecule has 0 aromatic heterocycles. The number of alkyl halides is 3. The quantitative estimate of drug-likeness (QED) is 0.401. The van der Waals surface area contributed by atoms with Crippen molar-refractivity contribution >= 4 is 24.7 Å². The number of carboxylic acid groups (broad SMARTS) is 1. The molecule has 5 nitrogen and oxygen atoms in total. The first kappa shape index (κ1) is 29.1. The number of carboxylic acids is 1. The molecule has 0 aliphatic rings. The van der Waals surface area contributed by atoms with Crippen LogP contribution in [-0.4, -0.2) is 43.3 Å². The molecule has 3 aromatic rings. The lowest BCUT2D eigenvalue weighted by Crippen LogP contribution is -2.67. The fourth-order valence-corrected chi connectivity index (χ4v) is 8.61. The normalized spacial score (nSPS) is 12.9. The van der Waals surface area contributed by atoms with Crippen molar-refractivity contribution in [3.8, 4) is 5.75 Å². The summed E-state index contributed by atoms with van der Waals surface area (Å²) in [7, 11) is -2.56. The molecule has 0 spiro atoms. The van der Waals surface area contributed by atoms with Crippen molar-refractivity contribution in [2.24, 2.45) is 5.73 Å². The summed E-state index contributed by atoms with van der Waals surface area (Å²) in [6.07, 6.45) is -4.38. The third-order valence-corrected chi connectivity index (χ3v) is 10.6. The molecule has 0 aliphatic carbocycles. The van der Waals surface area contributed by atoms with E-state index in [0.717, 1.165) is 5.56 Å². The molecule has 0 heterocycles. The van der Waals surface area contributed by atoms with Crippen LogP contribution in [0.3, 0.4) is 0 Å². The number of aromatic hydroxyl groups is 1. The van der Waals surface area contributed by atoms with Gasteiger partial charge in [0, 0.05) is 6.04 Å². The summed E-state index contributed by atoms with van der Waals surface area (Å²) in [5.74, 6) is -2.49. The summed E-state index contributed by atoms with van der Waals surface area (Å²) in [5.41, 5.74) is 7.58. The number of phenolic OH excluding ortho intramolecular Hbond substituents is 1. The molecular formula is C27H32F3NO4Si. The van der Waals surface area contributed by atoms with E-state index in [1.54, 1.807) is 12.1 Å². The zero-order valence-electron chi connectivity index (χ0n) is 20.5. The van der Waals surface area contributed by atoms with Crippen molar-refractivity contribution in [3.63, 3.8) is 0 Å². The van der Waals surface area contributed by atoms with Gasteiger partial charge in [-0.25, -0.2) is 4.79 Å². The summed E-state index contributed by atoms with van der Waals surface area (Å²) in [6.45, 7) is 7.29. The Morgan fingerprint density at radius 1 is 0.889 bits per heavy atom. The summed E-state index contributed by atoms with van der Waals surface area (Å²) >= 11 is 0. The molecule has 194 valence electrons. The lowest BCUT2D eigenvalue weighted by molar-refractivity contribution is -0.192. The molecule has 1 atom stereocenters. The molecule has 0 amide bonds. The van der Waals surface area contributed by atoms with Gasteiger partial charge in [-0.1, -0.05) is 93.6 Å². The van der Waals surface area contributed by atoms with E-state index in [9.17, 15) is 18.3 Å². The molecule has 3 rings (SSSR count). The standard InChI is InChI=1S/C25H31NO2Si.C2HF3O2/c1-25(2,3)29(23-10-6-4-7-11-23,24-12-8-5-9-13-24)28-19-21(26)18-20-14-16-22(27)17-15-20;3-2(4,5)1(6)7/h4-17,21,27H,18-19,26H2,1-3H3;(H,6,7)/t21-;/m0./s1. The Bertz CT molecular complexity index is 1050. The molecule has 3 aromatic carbocycles. The maximum atomic E-state index is 10.6. The molecule has 0 bridgehead atoms. The van der Waals surface area contributed by atoms with Gasteiger partial charge in [-0.15, -0.1) is 0 Å². The number of aliphatic carboxylic acids is 1. The van der Waals surface area contributed by atoms with E-state index in [-0.39, 0.29) is 16.8 Å². The molecule has 9 heteroatoms. The van der Waals surface area contributed by atoms with E-state index in [4.69, 9.17) is 20.1 Å². The first-order chi connectivity index (χ1) is 16.8. The van der Waals surface area contributed by atoms with Crippen molar-refractivity contribution in [3.05, 3.63) is 90.5 Å². The molecule has 0 radical (unpaired) electrons. The second kappa shape index (κ2) is 12.2. The maximum absolute atomic E-state index is 10.6. The van der Waals surface area contributed by atoms with Crippen molar-refractivity contribution in [1.29, 1.82) is 0 Å². The van der Waals surface area contributed by atoms with Gasteiger partial charge in [0.2, 0.25) is 0 Å². The number of nitrogens with two attached hydrogens (primary N) is 1. The largest absolute Gasteiger partial charge is 0.508 e. The highest BCUT2D eigenvalue weighted by atomic mass is 28.4. The minimum Gasteiger partial charge on any atom is -0.508 e. The van der Waals surface area contributed by atoms with E-state index in [1.165, 1.54) is 10.4 Å². The highest BCUT2D eigenvalue weighted by Gasteiger charge is 2.50. The van der Waals surface area contributed by atoms with Gasteiger partial charge in [-0.3, -0.25) is 0 Å². The highest BCUT2D eigenvalue weighted by Crippen LogP contribution is 2.36. The van der Waals surface area contributed by atoms with Crippen LogP contribution in [-0.2, 0) is 15.6 Å². The number of carbonyl (C=O) groups is 1. The Morgan fingerprint density at radius 2 is 1.31 bits per heavy atom. The third kappa shape index (κ3) is 7.68. The van der Waals surface area contributed by atoms with E-state index < -0.39 is 20.5 Å². The van der Waals surface area contributed by atoms with Gasteiger partial charge in [-0.2, -0.15) is 13.2 Å².